The number of nitrogens with zero attached hydrogens (tertiary/aromatic N) is 1. The smallest absolute Gasteiger partial charge is 0.217 e. The van der Waals surface area contributed by atoms with Gasteiger partial charge in [-0.1, -0.05) is 6.08 Å². The minimum absolute atomic E-state index is 0.258. The maximum absolute atomic E-state index is 9.56. The van der Waals surface area contributed by atoms with Gasteiger partial charge < -0.3 is 9.04 Å². The Morgan fingerprint density at radius 2 is 1.84 bits per heavy atom. The van der Waals surface area contributed by atoms with E-state index < -0.39 is 10.4 Å². The van der Waals surface area contributed by atoms with Crippen LogP contribution in [-0.4, -0.2) is 49.7 Å². The molecule has 0 aromatic heterocycles. The highest BCUT2D eigenvalue weighted by molar-refractivity contribution is 7.80. The van der Waals surface area contributed by atoms with E-state index in [2.05, 4.69) is 38.6 Å². The summed E-state index contributed by atoms with van der Waals surface area (Å²) in [4.78, 5) is 0. The molecule has 0 bridgehead atoms. The summed E-state index contributed by atoms with van der Waals surface area (Å²) in [6.07, 6.45) is 5.47. The van der Waals surface area contributed by atoms with Crippen molar-refractivity contribution >= 4 is 10.4 Å². The Kier molecular flexibility index (Phi) is 7.81. The van der Waals surface area contributed by atoms with Crippen LogP contribution in [0.5, 0.6) is 0 Å². The van der Waals surface area contributed by atoms with Gasteiger partial charge in [-0.15, -0.1) is 6.58 Å². The molecule has 5 nitrogen and oxygen atoms in total. The molecule has 1 rings (SSSR count). The van der Waals surface area contributed by atoms with E-state index in [0.29, 0.717) is 0 Å². The zero-order valence-corrected chi connectivity index (χ0v) is 13.3. The highest BCUT2D eigenvalue weighted by Gasteiger charge is 2.36. The molecule has 19 heavy (non-hydrogen) atoms. The zero-order valence-electron chi connectivity index (χ0n) is 12.5. The van der Waals surface area contributed by atoms with Crippen LogP contribution in [0.15, 0.2) is 12.7 Å². The molecule has 0 spiro atoms. The van der Waals surface area contributed by atoms with E-state index in [-0.39, 0.29) is 6.61 Å². The second-order valence-electron chi connectivity index (χ2n) is 5.27. The van der Waals surface area contributed by atoms with Crippen molar-refractivity contribution in [2.24, 2.45) is 0 Å². The Hall–Kier alpha value is -0.430. The first kappa shape index (κ1) is 18.6. The van der Waals surface area contributed by atoms with Gasteiger partial charge in [-0.05, 0) is 40.0 Å². The average molecular weight is 293 g/mol. The Bertz CT molecular complexity index is 357. The molecule has 0 aromatic carbocycles. The van der Waals surface area contributed by atoms with Crippen LogP contribution >= 0.6 is 0 Å². The molecule has 0 aliphatic carbocycles. The topological polar surface area (TPSA) is 66.4 Å². The van der Waals surface area contributed by atoms with Gasteiger partial charge >= 0.3 is 0 Å². The number of likely N-dealkylation sites (tertiary alicyclic amines) is 1. The van der Waals surface area contributed by atoms with Gasteiger partial charge in [0, 0.05) is 0 Å². The number of piperidine rings is 1. The summed E-state index contributed by atoms with van der Waals surface area (Å²) in [7, 11) is -2.10. The van der Waals surface area contributed by atoms with E-state index in [9.17, 15) is 13.0 Å². The molecule has 0 N–H and O–H groups in total. The first-order valence-electron chi connectivity index (χ1n) is 6.73. The lowest BCUT2D eigenvalue weighted by Crippen LogP contribution is -2.58. The molecule has 1 fully saturated rings. The maximum Gasteiger partial charge on any atom is 0.217 e. The van der Waals surface area contributed by atoms with Crippen LogP contribution in [0.3, 0.4) is 0 Å². The summed E-state index contributed by atoms with van der Waals surface area (Å²) in [5, 5.41) is 0. The molecule has 6 heteroatoms. The Balaban J connectivity index is 0.000000362. The zero-order chi connectivity index (χ0) is 15.1. The van der Waals surface area contributed by atoms with Crippen molar-refractivity contribution in [2.45, 2.75) is 52.1 Å². The fourth-order valence-corrected chi connectivity index (χ4v) is 2.75. The second kappa shape index (κ2) is 7.99. The van der Waals surface area contributed by atoms with Gasteiger partial charge in [-0.3, -0.25) is 4.18 Å². The van der Waals surface area contributed by atoms with Crippen molar-refractivity contribution in [2.75, 3.05) is 20.2 Å². The molecule has 114 valence electrons. The van der Waals surface area contributed by atoms with Crippen LogP contribution in [0.2, 0.25) is 0 Å². The van der Waals surface area contributed by atoms with E-state index in [1.807, 2.05) is 0 Å². The standard InChI is InChI=1S/C10H22N.C3H6O4S/c1-5-11(4)9(2)7-6-8-10(11)3;1-2-3-7-8(4,5)6/h9-10H,5-8H2,1-4H3;2H,1,3H2,(H,4,5,6)/q+1;/p-1. The molecule has 0 saturated carbocycles. The van der Waals surface area contributed by atoms with Gasteiger partial charge in [0.25, 0.3) is 0 Å². The minimum Gasteiger partial charge on any atom is -0.726 e. The third-order valence-corrected chi connectivity index (χ3v) is 4.69. The predicted molar refractivity (Wildman–Crippen MR) is 75.3 cm³/mol. The van der Waals surface area contributed by atoms with E-state index in [4.69, 9.17) is 0 Å². The average Bonchev–Trinajstić information content (AvgIpc) is 2.33. The highest BCUT2D eigenvalue weighted by atomic mass is 32.3. The second-order valence-corrected chi connectivity index (χ2v) is 6.33. The Morgan fingerprint density at radius 1 is 1.37 bits per heavy atom. The van der Waals surface area contributed by atoms with Crippen LogP contribution in [0.4, 0.5) is 0 Å². The van der Waals surface area contributed by atoms with Gasteiger partial charge in [0.05, 0.1) is 32.3 Å². The molecule has 1 aliphatic heterocycles. The fourth-order valence-electron chi connectivity index (χ4n) is 2.49. The van der Waals surface area contributed by atoms with Gasteiger partial charge in [0.15, 0.2) is 0 Å². The molecule has 1 aliphatic rings. The third-order valence-electron chi connectivity index (χ3n) is 4.27. The lowest BCUT2D eigenvalue weighted by molar-refractivity contribution is -0.956. The van der Waals surface area contributed by atoms with Crippen molar-refractivity contribution in [3.8, 4) is 0 Å². The molecular formula is C13H27NO4S. The summed E-state index contributed by atoms with van der Waals surface area (Å²) in [5.41, 5.74) is 0. The van der Waals surface area contributed by atoms with Gasteiger partial charge in [0.2, 0.25) is 10.4 Å². The fraction of sp³-hybridized carbons (Fsp3) is 0.846. The van der Waals surface area contributed by atoms with E-state index in [0.717, 1.165) is 12.1 Å². The largest absolute Gasteiger partial charge is 0.726 e. The highest BCUT2D eigenvalue weighted by Crippen LogP contribution is 2.28. The SMILES string of the molecule is C=CCOS(=O)(=O)[O-].CC[N+]1(C)C(C)CCCC1C. The lowest BCUT2D eigenvalue weighted by Gasteiger charge is -2.47. The lowest BCUT2D eigenvalue weighted by atomic mass is 9.94. The van der Waals surface area contributed by atoms with Crippen molar-refractivity contribution in [3.63, 3.8) is 0 Å². The van der Waals surface area contributed by atoms with Gasteiger partial charge in [-0.25, -0.2) is 8.42 Å². The predicted octanol–water partition coefficient (Wildman–Crippen LogP) is 2.06. The van der Waals surface area contributed by atoms with Gasteiger partial charge in [-0.2, -0.15) is 0 Å². The van der Waals surface area contributed by atoms with Gasteiger partial charge in [0.1, 0.15) is 0 Å². The summed E-state index contributed by atoms with van der Waals surface area (Å²) in [6.45, 7) is 11.3. The Labute approximate surface area is 117 Å². The van der Waals surface area contributed by atoms with Crippen LogP contribution in [-0.2, 0) is 14.6 Å². The normalized spacial score (nSPS) is 31.2. The van der Waals surface area contributed by atoms with Crippen molar-refractivity contribution in [1.29, 1.82) is 0 Å². The molecular weight excluding hydrogens is 266 g/mol. The van der Waals surface area contributed by atoms with E-state index >= 15 is 0 Å². The van der Waals surface area contributed by atoms with Crippen molar-refractivity contribution in [1.82, 2.24) is 0 Å². The molecule has 0 amide bonds. The van der Waals surface area contributed by atoms with E-state index in [1.165, 1.54) is 36.4 Å². The molecule has 0 radical (unpaired) electrons. The molecule has 0 aromatic rings. The summed E-state index contributed by atoms with van der Waals surface area (Å²) in [5.74, 6) is 0. The summed E-state index contributed by atoms with van der Waals surface area (Å²) >= 11 is 0. The minimum atomic E-state index is -4.51. The first-order valence-corrected chi connectivity index (χ1v) is 8.06. The van der Waals surface area contributed by atoms with Crippen molar-refractivity contribution < 1.29 is 21.6 Å². The monoisotopic (exact) mass is 293 g/mol. The molecule has 2 unspecified atom stereocenters. The number of hydrogen-bond donors (Lipinski definition) is 0. The number of quaternary nitrogens is 1. The van der Waals surface area contributed by atoms with Crippen LogP contribution in [0.1, 0.15) is 40.0 Å². The molecule has 1 saturated heterocycles. The first-order chi connectivity index (χ1) is 8.67. The summed E-state index contributed by atoms with van der Waals surface area (Å²) < 4.78 is 33.7. The van der Waals surface area contributed by atoms with Crippen LogP contribution < -0.4 is 0 Å². The van der Waals surface area contributed by atoms with Crippen LogP contribution in [0, 0.1) is 0 Å². The molecule has 1 heterocycles. The molecule has 2 atom stereocenters. The van der Waals surface area contributed by atoms with E-state index in [1.54, 1.807) is 0 Å². The third kappa shape index (κ3) is 6.51. The number of rotatable bonds is 4. The quantitative estimate of drug-likeness (QED) is 0.344. The van der Waals surface area contributed by atoms with Crippen LogP contribution in [0.25, 0.3) is 0 Å². The number of hydrogen-bond acceptors (Lipinski definition) is 4. The Morgan fingerprint density at radius 3 is 2.05 bits per heavy atom. The summed E-state index contributed by atoms with van der Waals surface area (Å²) in [6, 6.07) is 1.76. The maximum atomic E-state index is 9.56. The van der Waals surface area contributed by atoms with Crippen molar-refractivity contribution in [3.05, 3.63) is 12.7 Å².